The number of methoxy groups -OCH3 is 1. The molecule has 0 fully saturated rings. The topological polar surface area (TPSA) is 52.3 Å². The summed E-state index contributed by atoms with van der Waals surface area (Å²) in [5.74, 6) is -0.823. The highest BCUT2D eigenvalue weighted by Crippen LogP contribution is 2.33. The molecule has 1 atom stereocenters. The molecule has 0 bridgehead atoms. The predicted octanol–water partition coefficient (Wildman–Crippen LogP) is 3.21. The van der Waals surface area contributed by atoms with Gasteiger partial charge in [-0.3, -0.25) is 4.79 Å². The number of carbonyl (C=O) groups excluding carboxylic acids is 1. The van der Waals surface area contributed by atoms with Crippen molar-refractivity contribution in [1.29, 1.82) is 0 Å². The molecule has 3 nitrogen and oxygen atoms in total. The summed E-state index contributed by atoms with van der Waals surface area (Å²) in [7, 11) is 1.30. The standard InChI is InChI=1S/C12H15BrFNO2.ClH/c1-12(2,11(16)17-3)10(15)7-4-8(13)6-9(14)5-7;/h4-6,10H,15H2,1-3H3;1H/t10-;/m1./s1. The van der Waals surface area contributed by atoms with Gasteiger partial charge in [-0.2, -0.15) is 0 Å². The van der Waals surface area contributed by atoms with Gasteiger partial charge in [0.1, 0.15) is 5.82 Å². The lowest BCUT2D eigenvalue weighted by Gasteiger charge is -2.29. The molecule has 0 unspecified atom stereocenters. The number of rotatable bonds is 3. The maximum atomic E-state index is 13.3. The van der Waals surface area contributed by atoms with E-state index in [0.717, 1.165) is 0 Å². The Bertz CT molecular complexity index is 420. The van der Waals surface area contributed by atoms with E-state index in [2.05, 4.69) is 15.9 Å². The van der Waals surface area contributed by atoms with Crippen LogP contribution in [0.15, 0.2) is 22.7 Å². The van der Waals surface area contributed by atoms with E-state index in [0.29, 0.717) is 10.0 Å². The van der Waals surface area contributed by atoms with Crippen LogP contribution in [0.5, 0.6) is 0 Å². The van der Waals surface area contributed by atoms with Crippen LogP contribution in [0.3, 0.4) is 0 Å². The molecule has 0 heterocycles. The lowest BCUT2D eigenvalue weighted by molar-refractivity contribution is -0.152. The monoisotopic (exact) mass is 339 g/mol. The minimum atomic E-state index is -0.915. The van der Waals surface area contributed by atoms with Crippen LogP contribution in [0.2, 0.25) is 0 Å². The molecule has 18 heavy (non-hydrogen) atoms. The summed E-state index contributed by atoms with van der Waals surface area (Å²) in [6, 6.07) is 3.71. The predicted molar refractivity (Wildman–Crippen MR) is 74.1 cm³/mol. The highest BCUT2D eigenvalue weighted by atomic mass is 79.9. The van der Waals surface area contributed by atoms with Gasteiger partial charge >= 0.3 is 5.97 Å². The Morgan fingerprint density at radius 2 is 2.00 bits per heavy atom. The molecule has 1 aromatic rings. The second kappa shape index (κ2) is 6.50. The van der Waals surface area contributed by atoms with Crippen LogP contribution in [0.4, 0.5) is 4.39 Å². The molecule has 6 heteroatoms. The maximum absolute atomic E-state index is 13.3. The fraction of sp³-hybridized carbons (Fsp3) is 0.417. The Balaban J connectivity index is 0.00000289. The zero-order valence-electron chi connectivity index (χ0n) is 10.4. The number of carbonyl (C=O) groups is 1. The lowest BCUT2D eigenvalue weighted by atomic mass is 9.81. The van der Waals surface area contributed by atoms with Crippen LogP contribution in [0.1, 0.15) is 25.5 Å². The number of nitrogens with two attached hydrogens (primary N) is 1. The molecule has 0 saturated heterocycles. The third kappa shape index (κ3) is 3.67. The van der Waals surface area contributed by atoms with Gasteiger partial charge in [0.2, 0.25) is 0 Å². The first-order chi connectivity index (χ1) is 7.78. The zero-order valence-corrected chi connectivity index (χ0v) is 12.8. The van der Waals surface area contributed by atoms with Crippen molar-refractivity contribution in [3.05, 3.63) is 34.1 Å². The van der Waals surface area contributed by atoms with Crippen LogP contribution in [0, 0.1) is 11.2 Å². The Labute approximate surface area is 120 Å². The maximum Gasteiger partial charge on any atom is 0.313 e. The van der Waals surface area contributed by atoms with Crippen LogP contribution < -0.4 is 5.73 Å². The number of benzene rings is 1. The van der Waals surface area contributed by atoms with Gasteiger partial charge in [-0.25, -0.2) is 4.39 Å². The second-order valence-corrected chi connectivity index (χ2v) is 5.31. The summed E-state index contributed by atoms with van der Waals surface area (Å²) in [5, 5.41) is 0. The largest absolute Gasteiger partial charge is 0.469 e. The molecule has 0 aromatic heterocycles. The van der Waals surface area contributed by atoms with E-state index in [1.54, 1.807) is 19.9 Å². The molecule has 2 N–H and O–H groups in total. The molecule has 0 spiro atoms. The van der Waals surface area contributed by atoms with Crippen molar-refractivity contribution in [1.82, 2.24) is 0 Å². The van der Waals surface area contributed by atoms with Gasteiger partial charge in [0, 0.05) is 10.5 Å². The van der Waals surface area contributed by atoms with Gasteiger partial charge < -0.3 is 10.5 Å². The number of halogens is 3. The summed E-state index contributed by atoms with van der Waals surface area (Å²) in [6.07, 6.45) is 0. The number of esters is 1. The van der Waals surface area contributed by atoms with Crippen molar-refractivity contribution in [2.45, 2.75) is 19.9 Å². The first-order valence-electron chi connectivity index (χ1n) is 5.09. The molecule has 0 radical (unpaired) electrons. The second-order valence-electron chi connectivity index (χ2n) is 4.39. The molecule has 0 aliphatic carbocycles. The molecular formula is C12H16BrClFNO2. The van der Waals surface area contributed by atoms with E-state index in [1.165, 1.54) is 19.2 Å². The van der Waals surface area contributed by atoms with Crippen molar-refractivity contribution in [2.24, 2.45) is 11.1 Å². The Morgan fingerprint density at radius 1 is 1.44 bits per heavy atom. The Hall–Kier alpha value is -0.650. The Kier molecular flexibility index (Phi) is 6.26. The van der Waals surface area contributed by atoms with Gasteiger partial charge in [0.05, 0.1) is 12.5 Å². The van der Waals surface area contributed by atoms with Crippen molar-refractivity contribution >= 4 is 34.3 Å². The van der Waals surface area contributed by atoms with Gasteiger partial charge in [0.25, 0.3) is 0 Å². The zero-order chi connectivity index (χ0) is 13.2. The third-order valence-corrected chi connectivity index (χ3v) is 3.19. The number of hydrogen-bond acceptors (Lipinski definition) is 3. The van der Waals surface area contributed by atoms with E-state index >= 15 is 0 Å². The summed E-state index contributed by atoms with van der Waals surface area (Å²) in [4.78, 5) is 11.6. The SMILES string of the molecule is COC(=O)C(C)(C)[C@H](N)c1cc(F)cc(Br)c1.Cl. The van der Waals surface area contributed by atoms with E-state index in [1.807, 2.05) is 0 Å². The molecule has 0 aliphatic rings. The molecule has 0 amide bonds. The first-order valence-corrected chi connectivity index (χ1v) is 5.88. The van der Waals surface area contributed by atoms with E-state index in [9.17, 15) is 9.18 Å². The highest BCUT2D eigenvalue weighted by Gasteiger charge is 2.36. The van der Waals surface area contributed by atoms with E-state index < -0.39 is 23.2 Å². The van der Waals surface area contributed by atoms with Gasteiger partial charge in [-0.05, 0) is 37.6 Å². The number of ether oxygens (including phenoxy) is 1. The molecule has 1 rings (SSSR count). The minimum absolute atomic E-state index is 0. The number of hydrogen-bond donors (Lipinski definition) is 1. The molecule has 1 aromatic carbocycles. The van der Waals surface area contributed by atoms with Gasteiger partial charge in [-0.1, -0.05) is 15.9 Å². The smallest absolute Gasteiger partial charge is 0.313 e. The van der Waals surface area contributed by atoms with Crippen LogP contribution >= 0.6 is 28.3 Å². The summed E-state index contributed by atoms with van der Waals surface area (Å²) < 4.78 is 18.5. The van der Waals surface area contributed by atoms with Gasteiger partial charge in [-0.15, -0.1) is 12.4 Å². The quantitative estimate of drug-likeness (QED) is 0.860. The highest BCUT2D eigenvalue weighted by molar-refractivity contribution is 9.10. The fourth-order valence-electron chi connectivity index (χ4n) is 1.56. The van der Waals surface area contributed by atoms with Crippen molar-refractivity contribution in [2.75, 3.05) is 7.11 Å². The van der Waals surface area contributed by atoms with Crippen molar-refractivity contribution in [3.8, 4) is 0 Å². The van der Waals surface area contributed by atoms with Crippen LogP contribution in [0.25, 0.3) is 0 Å². The van der Waals surface area contributed by atoms with E-state index in [4.69, 9.17) is 10.5 Å². The first kappa shape index (κ1) is 17.4. The summed E-state index contributed by atoms with van der Waals surface area (Å²) in [6.45, 7) is 3.34. The average Bonchev–Trinajstić information content (AvgIpc) is 2.25. The lowest BCUT2D eigenvalue weighted by Crippen LogP contribution is -2.37. The summed E-state index contributed by atoms with van der Waals surface area (Å²) in [5.41, 5.74) is 5.63. The van der Waals surface area contributed by atoms with E-state index in [-0.39, 0.29) is 12.4 Å². The van der Waals surface area contributed by atoms with Crippen molar-refractivity contribution < 1.29 is 13.9 Å². The van der Waals surface area contributed by atoms with Gasteiger partial charge in [0.15, 0.2) is 0 Å². The Morgan fingerprint density at radius 3 is 2.44 bits per heavy atom. The van der Waals surface area contributed by atoms with Crippen LogP contribution in [-0.2, 0) is 9.53 Å². The van der Waals surface area contributed by atoms with Crippen molar-refractivity contribution in [3.63, 3.8) is 0 Å². The fourth-order valence-corrected chi connectivity index (χ4v) is 2.04. The normalized spacial score (nSPS) is 12.6. The minimum Gasteiger partial charge on any atom is -0.469 e. The summed E-state index contributed by atoms with van der Waals surface area (Å²) >= 11 is 3.19. The van der Waals surface area contributed by atoms with Crippen LogP contribution in [-0.4, -0.2) is 13.1 Å². The molecule has 102 valence electrons. The molecule has 0 saturated carbocycles. The average molecular weight is 341 g/mol. The molecule has 0 aliphatic heterocycles. The third-order valence-electron chi connectivity index (χ3n) is 2.73. The molecular weight excluding hydrogens is 324 g/mol.